The molecule has 0 heterocycles. The molecule has 1 saturated carbocycles. The van der Waals surface area contributed by atoms with Crippen LogP contribution in [0.15, 0.2) is 24.3 Å². The molecular formula is C15H18FNO3. The zero-order chi connectivity index (χ0) is 14.8. The summed E-state index contributed by atoms with van der Waals surface area (Å²) in [6.07, 6.45) is 1.51. The summed E-state index contributed by atoms with van der Waals surface area (Å²) in [5.41, 5.74) is -0.276. The van der Waals surface area contributed by atoms with Gasteiger partial charge in [0.1, 0.15) is 5.82 Å². The predicted molar refractivity (Wildman–Crippen MR) is 71.6 cm³/mol. The molecule has 20 heavy (non-hydrogen) atoms. The molecule has 1 aliphatic rings. The average molecular weight is 279 g/mol. The van der Waals surface area contributed by atoms with Crippen LogP contribution in [0, 0.1) is 17.2 Å². The van der Waals surface area contributed by atoms with Crippen LogP contribution in [0.3, 0.4) is 0 Å². The second-order valence-corrected chi connectivity index (χ2v) is 5.50. The molecule has 1 fully saturated rings. The number of carbonyl (C=O) groups is 2. The van der Waals surface area contributed by atoms with E-state index in [2.05, 4.69) is 5.32 Å². The van der Waals surface area contributed by atoms with E-state index in [-0.39, 0.29) is 18.3 Å². The molecule has 0 aromatic heterocycles. The van der Waals surface area contributed by atoms with Crippen LogP contribution >= 0.6 is 0 Å². The Hall–Kier alpha value is -1.91. The van der Waals surface area contributed by atoms with E-state index in [1.165, 1.54) is 6.07 Å². The van der Waals surface area contributed by atoms with Crippen LogP contribution in [0.2, 0.25) is 0 Å². The van der Waals surface area contributed by atoms with Gasteiger partial charge in [0.2, 0.25) is 5.91 Å². The van der Waals surface area contributed by atoms with Crippen LogP contribution in [0.4, 0.5) is 4.39 Å². The van der Waals surface area contributed by atoms with Gasteiger partial charge < -0.3 is 10.4 Å². The first kappa shape index (κ1) is 14.5. The summed E-state index contributed by atoms with van der Waals surface area (Å²) in [5.74, 6) is -1.81. The normalized spacial score (nSPS) is 17.3. The molecule has 4 nitrogen and oxygen atoms in total. The second-order valence-electron chi connectivity index (χ2n) is 5.50. The lowest BCUT2D eigenvalue weighted by Gasteiger charge is -2.15. The summed E-state index contributed by atoms with van der Waals surface area (Å²) in [6.45, 7) is 1.87. The molecule has 1 aromatic rings. The van der Waals surface area contributed by atoms with Gasteiger partial charge in [0.25, 0.3) is 0 Å². The van der Waals surface area contributed by atoms with E-state index in [0.717, 1.165) is 0 Å². The number of nitrogens with one attached hydrogen (secondary N) is 1. The van der Waals surface area contributed by atoms with Gasteiger partial charge in [0.15, 0.2) is 0 Å². The first-order valence-electron chi connectivity index (χ1n) is 6.69. The van der Waals surface area contributed by atoms with Crippen molar-refractivity contribution in [2.75, 3.05) is 6.54 Å². The van der Waals surface area contributed by atoms with Crippen molar-refractivity contribution in [1.29, 1.82) is 0 Å². The molecule has 0 spiro atoms. The number of benzene rings is 1. The van der Waals surface area contributed by atoms with Crippen molar-refractivity contribution in [3.05, 3.63) is 35.6 Å². The molecule has 0 radical (unpaired) electrons. The van der Waals surface area contributed by atoms with Crippen molar-refractivity contribution in [2.45, 2.75) is 26.2 Å². The van der Waals surface area contributed by atoms with Gasteiger partial charge in [-0.05, 0) is 30.9 Å². The molecule has 0 saturated heterocycles. The highest BCUT2D eigenvalue weighted by Gasteiger charge is 2.50. The molecule has 1 aromatic carbocycles. The van der Waals surface area contributed by atoms with Gasteiger partial charge in [0, 0.05) is 12.5 Å². The minimum absolute atomic E-state index is 0.156. The van der Waals surface area contributed by atoms with Crippen molar-refractivity contribution in [3.63, 3.8) is 0 Å². The molecule has 108 valence electrons. The number of halogens is 1. The zero-order valence-corrected chi connectivity index (χ0v) is 11.4. The smallest absolute Gasteiger partial charge is 0.311 e. The Morgan fingerprint density at radius 3 is 2.60 bits per heavy atom. The highest BCUT2D eigenvalue weighted by molar-refractivity contribution is 5.82. The maximum Gasteiger partial charge on any atom is 0.311 e. The standard InChI is InChI=1S/C15H18FNO3/c1-10(8-11-4-2-3-5-12(11)16)13(18)17-9-15(6-7-15)14(19)20/h2-5,10H,6-9H2,1H3,(H,17,18)(H,19,20). The van der Waals surface area contributed by atoms with E-state index in [1.807, 2.05) is 0 Å². The molecule has 0 bridgehead atoms. The first-order valence-corrected chi connectivity index (χ1v) is 6.69. The average Bonchev–Trinajstić information content (AvgIpc) is 3.20. The zero-order valence-electron chi connectivity index (χ0n) is 11.4. The minimum atomic E-state index is -0.862. The molecular weight excluding hydrogens is 261 g/mol. The van der Waals surface area contributed by atoms with Gasteiger partial charge >= 0.3 is 5.97 Å². The summed E-state index contributed by atoms with van der Waals surface area (Å²) in [5, 5.41) is 11.7. The third kappa shape index (κ3) is 3.15. The SMILES string of the molecule is CC(Cc1ccccc1F)C(=O)NCC1(C(=O)O)CC1. The topological polar surface area (TPSA) is 66.4 Å². The van der Waals surface area contributed by atoms with Gasteiger partial charge in [-0.15, -0.1) is 0 Å². The molecule has 2 N–H and O–H groups in total. The van der Waals surface area contributed by atoms with Crippen molar-refractivity contribution in [2.24, 2.45) is 11.3 Å². The Morgan fingerprint density at radius 1 is 1.40 bits per heavy atom. The monoisotopic (exact) mass is 279 g/mol. The maximum absolute atomic E-state index is 13.5. The number of carboxylic acid groups (broad SMARTS) is 1. The minimum Gasteiger partial charge on any atom is -0.481 e. The summed E-state index contributed by atoms with van der Waals surface area (Å²) in [4.78, 5) is 22.9. The molecule has 1 aliphatic carbocycles. The van der Waals surface area contributed by atoms with E-state index in [1.54, 1.807) is 25.1 Å². The number of aliphatic carboxylic acids is 1. The predicted octanol–water partition coefficient (Wildman–Crippen LogP) is 1.99. The van der Waals surface area contributed by atoms with Gasteiger partial charge in [-0.2, -0.15) is 0 Å². The second kappa shape index (κ2) is 5.61. The fourth-order valence-electron chi connectivity index (χ4n) is 2.13. The fourth-order valence-corrected chi connectivity index (χ4v) is 2.13. The van der Waals surface area contributed by atoms with Crippen LogP contribution < -0.4 is 5.32 Å². The van der Waals surface area contributed by atoms with Crippen molar-refractivity contribution >= 4 is 11.9 Å². The quantitative estimate of drug-likeness (QED) is 0.837. The van der Waals surface area contributed by atoms with Crippen LogP contribution in [-0.4, -0.2) is 23.5 Å². The summed E-state index contributed by atoms with van der Waals surface area (Å²) in [7, 11) is 0. The molecule has 2 rings (SSSR count). The van der Waals surface area contributed by atoms with Crippen LogP contribution in [0.25, 0.3) is 0 Å². The molecule has 5 heteroatoms. The van der Waals surface area contributed by atoms with Gasteiger partial charge in [-0.3, -0.25) is 9.59 Å². The fraction of sp³-hybridized carbons (Fsp3) is 0.467. The Kier molecular flexibility index (Phi) is 4.06. The number of rotatable bonds is 6. The number of hydrogen-bond donors (Lipinski definition) is 2. The Bertz CT molecular complexity index is 526. The lowest BCUT2D eigenvalue weighted by atomic mass is 9.99. The third-order valence-electron chi connectivity index (χ3n) is 3.84. The first-order chi connectivity index (χ1) is 9.44. The summed E-state index contributed by atoms with van der Waals surface area (Å²) in [6, 6.07) is 6.35. The van der Waals surface area contributed by atoms with E-state index in [0.29, 0.717) is 24.8 Å². The van der Waals surface area contributed by atoms with Crippen molar-refractivity contribution < 1.29 is 19.1 Å². The lowest BCUT2D eigenvalue weighted by Crippen LogP contribution is -2.37. The van der Waals surface area contributed by atoms with E-state index >= 15 is 0 Å². The van der Waals surface area contributed by atoms with Gasteiger partial charge in [-0.1, -0.05) is 25.1 Å². The highest BCUT2D eigenvalue weighted by atomic mass is 19.1. The Morgan fingerprint density at radius 2 is 2.05 bits per heavy atom. The lowest BCUT2D eigenvalue weighted by molar-refractivity contribution is -0.143. The van der Waals surface area contributed by atoms with Gasteiger partial charge in [0.05, 0.1) is 5.41 Å². The molecule has 1 atom stereocenters. The molecule has 1 unspecified atom stereocenters. The van der Waals surface area contributed by atoms with Crippen molar-refractivity contribution in [3.8, 4) is 0 Å². The number of hydrogen-bond acceptors (Lipinski definition) is 2. The summed E-state index contributed by atoms with van der Waals surface area (Å²) >= 11 is 0. The molecule has 0 aliphatic heterocycles. The van der Waals surface area contributed by atoms with E-state index < -0.39 is 17.3 Å². The third-order valence-corrected chi connectivity index (χ3v) is 3.84. The summed E-state index contributed by atoms with van der Waals surface area (Å²) < 4.78 is 13.5. The van der Waals surface area contributed by atoms with E-state index in [9.17, 15) is 14.0 Å². The molecule has 1 amide bonds. The van der Waals surface area contributed by atoms with Crippen LogP contribution in [0.1, 0.15) is 25.3 Å². The number of carbonyl (C=O) groups excluding carboxylic acids is 1. The maximum atomic E-state index is 13.5. The Balaban J connectivity index is 1.87. The van der Waals surface area contributed by atoms with Crippen molar-refractivity contribution in [1.82, 2.24) is 5.32 Å². The number of carboxylic acids is 1. The van der Waals surface area contributed by atoms with Gasteiger partial charge in [-0.25, -0.2) is 4.39 Å². The van der Waals surface area contributed by atoms with E-state index in [4.69, 9.17) is 5.11 Å². The highest BCUT2D eigenvalue weighted by Crippen LogP contribution is 2.45. The number of amides is 1. The van der Waals surface area contributed by atoms with Crippen LogP contribution in [-0.2, 0) is 16.0 Å². The largest absolute Gasteiger partial charge is 0.481 e. The van der Waals surface area contributed by atoms with Crippen LogP contribution in [0.5, 0.6) is 0 Å². The Labute approximate surface area is 117 Å².